The van der Waals surface area contributed by atoms with Crippen molar-refractivity contribution in [2.24, 2.45) is 5.92 Å². The van der Waals surface area contributed by atoms with Gasteiger partial charge in [-0.3, -0.25) is 19.8 Å². The molecule has 0 spiro atoms. The van der Waals surface area contributed by atoms with Crippen LogP contribution in [0.3, 0.4) is 0 Å². The molecule has 7 heteroatoms. The van der Waals surface area contributed by atoms with Crippen molar-refractivity contribution in [2.75, 3.05) is 40.4 Å². The third kappa shape index (κ3) is 4.99. The fraction of sp³-hybridized carbons (Fsp3) is 0.611. The molecule has 1 heterocycles. The molecule has 1 aromatic rings. The first-order valence-corrected chi connectivity index (χ1v) is 8.63. The van der Waals surface area contributed by atoms with Gasteiger partial charge in [-0.2, -0.15) is 0 Å². The molecule has 1 aliphatic rings. The molecule has 0 bridgehead atoms. The molecular formula is C18H27N3O4. The fourth-order valence-corrected chi connectivity index (χ4v) is 3.33. The highest BCUT2D eigenvalue weighted by molar-refractivity contribution is 5.78. The molecule has 1 aromatic carbocycles. The van der Waals surface area contributed by atoms with Gasteiger partial charge in [0.2, 0.25) is 5.91 Å². The maximum absolute atomic E-state index is 12.6. The number of carbonyl (C=O) groups is 1. The normalized spacial score (nSPS) is 18.1. The van der Waals surface area contributed by atoms with Crippen LogP contribution in [-0.2, 0) is 16.1 Å². The van der Waals surface area contributed by atoms with Crippen LogP contribution in [-0.4, -0.2) is 61.0 Å². The Kier molecular flexibility index (Phi) is 6.90. The standard InChI is InChI=1S/C18H27N3O4/c1-14-15(6-4-8-17(14)21(23)24)12-20-9-5-7-16(13-20)18(22)19(2)10-11-25-3/h4,6,8,16H,5,7,9-13H2,1-3H3. The van der Waals surface area contributed by atoms with Crippen LogP contribution in [0.5, 0.6) is 0 Å². The SMILES string of the molecule is COCCN(C)C(=O)C1CCCN(Cc2cccc([N+](=O)[O-])c2C)C1. The highest BCUT2D eigenvalue weighted by Gasteiger charge is 2.28. The van der Waals surface area contributed by atoms with Gasteiger partial charge in [0.05, 0.1) is 17.4 Å². The van der Waals surface area contributed by atoms with Crippen molar-refractivity contribution in [3.05, 3.63) is 39.4 Å². The van der Waals surface area contributed by atoms with Crippen molar-refractivity contribution < 1.29 is 14.5 Å². The summed E-state index contributed by atoms with van der Waals surface area (Å²) in [5.41, 5.74) is 1.81. The number of hydrogen-bond donors (Lipinski definition) is 0. The van der Waals surface area contributed by atoms with Gasteiger partial charge in [-0.1, -0.05) is 12.1 Å². The molecule has 0 N–H and O–H groups in total. The molecule has 0 saturated carbocycles. The number of likely N-dealkylation sites (N-methyl/N-ethyl adjacent to an activating group) is 1. The second kappa shape index (κ2) is 8.92. The van der Waals surface area contributed by atoms with E-state index in [2.05, 4.69) is 4.90 Å². The van der Waals surface area contributed by atoms with Crippen LogP contribution in [0.15, 0.2) is 18.2 Å². The highest BCUT2D eigenvalue weighted by atomic mass is 16.6. The summed E-state index contributed by atoms with van der Waals surface area (Å²) >= 11 is 0. The average molecular weight is 349 g/mol. The molecule has 138 valence electrons. The molecule has 1 aliphatic heterocycles. The van der Waals surface area contributed by atoms with Crippen LogP contribution < -0.4 is 0 Å². The quantitative estimate of drug-likeness (QED) is 0.557. The van der Waals surface area contributed by atoms with Gasteiger partial charge in [0.25, 0.3) is 5.69 Å². The monoisotopic (exact) mass is 349 g/mol. The summed E-state index contributed by atoms with van der Waals surface area (Å²) in [7, 11) is 3.44. The molecule has 1 atom stereocenters. The number of amides is 1. The largest absolute Gasteiger partial charge is 0.383 e. The second-order valence-corrected chi connectivity index (χ2v) is 6.65. The first-order valence-electron chi connectivity index (χ1n) is 8.63. The Morgan fingerprint density at radius 2 is 2.24 bits per heavy atom. The Hall–Kier alpha value is -1.99. The van der Waals surface area contributed by atoms with Crippen molar-refractivity contribution in [1.29, 1.82) is 0 Å². The molecule has 0 aromatic heterocycles. The highest BCUT2D eigenvalue weighted by Crippen LogP contribution is 2.25. The second-order valence-electron chi connectivity index (χ2n) is 6.65. The molecule has 25 heavy (non-hydrogen) atoms. The van der Waals surface area contributed by atoms with Crippen molar-refractivity contribution in [3.63, 3.8) is 0 Å². The number of rotatable bonds is 7. The zero-order valence-corrected chi connectivity index (χ0v) is 15.2. The average Bonchev–Trinajstić information content (AvgIpc) is 2.60. The summed E-state index contributed by atoms with van der Waals surface area (Å²) < 4.78 is 5.03. The van der Waals surface area contributed by atoms with Gasteiger partial charge < -0.3 is 9.64 Å². The molecule has 1 amide bonds. The Bertz CT molecular complexity index is 620. The zero-order valence-electron chi connectivity index (χ0n) is 15.2. The van der Waals surface area contributed by atoms with E-state index >= 15 is 0 Å². The number of methoxy groups -OCH3 is 1. The number of nitro groups is 1. The number of nitrogens with zero attached hydrogens (tertiary/aromatic N) is 3. The van der Waals surface area contributed by atoms with Crippen LogP contribution in [0.25, 0.3) is 0 Å². The topological polar surface area (TPSA) is 75.9 Å². The van der Waals surface area contributed by atoms with Crippen LogP contribution in [0.4, 0.5) is 5.69 Å². The maximum atomic E-state index is 12.6. The van der Waals surface area contributed by atoms with Gasteiger partial charge >= 0.3 is 0 Å². The van der Waals surface area contributed by atoms with E-state index in [1.807, 2.05) is 13.1 Å². The van der Waals surface area contributed by atoms with Crippen LogP contribution >= 0.6 is 0 Å². The molecule has 0 aliphatic carbocycles. The molecule has 7 nitrogen and oxygen atoms in total. The predicted molar refractivity (Wildman–Crippen MR) is 95.3 cm³/mol. The van der Waals surface area contributed by atoms with Gasteiger partial charge in [0.1, 0.15) is 0 Å². The lowest BCUT2D eigenvalue weighted by Gasteiger charge is -2.34. The Morgan fingerprint density at radius 1 is 1.48 bits per heavy atom. The van der Waals surface area contributed by atoms with E-state index in [1.165, 1.54) is 6.07 Å². The molecule has 1 saturated heterocycles. The van der Waals surface area contributed by atoms with Crippen molar-refractivity contribution in [3.8, 4) is 0 Å². The number of carbonyl (C=O) groups excluding carboxylic acids is 1. The number of hydrogen-bond acceptors (Lipinski definition) is 5. The van der Waals surface area contributed by atoms with Gasteiger partial charge in [-0.25, -0.2) is 0 Å². The first-order chi connectivity index (χ1) is 11.9. The molecule has 1 fully saturated rings. The van der Waals surface area contributed by atoms with Gasteiger partial charge in [-0.15, -0.1) is 0 Å². The van der Waals surface area contributed by atoms with Gasteiger partial charge in [0, 0.05) is 45.4 Å². The van der Waals surface area contributed by atoms with E-state index in [0.29, 0.717) is 31.8 Å². The first kappa shape index (κ1) is 19.3. The molecule has 1 unspecified atom stereocenters. The van der Waals surface area contributed by atoms with Crippen molar-refractivity contribution >= 4 is 11.6 Å². The summed E-state index contributed by atoms with van der Waals surface area (Å²) in [6, 6.07) is 5.19. The van der Waals surface area contributed by atoms with E-state index in [4.69, 9.17) is 4.74 Å². The van der Waals surface area contributed by atoms with Crippen molar-refractivity contribution in [1.82, 2.24) is 9.80 Å². The summed E-state index contributed by atoms with van der Waals surface area (Å²) in [6.07, 6.45) is 1.85. The predicted octanol–water partition coefficient (Wildman–Crippen LogP) is 2.22. The van der Waals surface area contributed by atoms with Crippen LogP contribution in [0, 0.1) is 23.0 Å². The number of piperidine rings is 1. The third-order valence-corrected chi connectivity index (χ3v) is 4.87. The Labute approximate surface area is 148 Å². The van der Waals surface area contributed by atoms with E-state index in [-0.39, 0.29) is 22.4 Å². The number of likely N-dealkylation sites (tertiary alicyclic amines) is 1. The minimum atomic E-state index is -0.341. The van der Waals surface area contributed by atoms with E-state index in [1.54, 1.807) is 25.0 Å². The van der Waals surface area contributed by atoms with Gasteiger partial charge in [0.15, 0.2) is 0 Å². The summed E-state index contributed by atoms with van der Waals surface area (Å²) in [6.45, 7) is 5.16. The summed E-state index contributed by atoms with van der Waals surface area (Å²) in [5, 5.41) is 11.1. The minimum absolute atomic E-state index is 0.0189. The fourth-order valence-electron chi connectivity index (χ4n) is 3.33. The van der Waals surface area contributed by atoms with E-state index in [0.717, 1.165) is 24.9 Å². The lowest BCUT2D eigenvalue weighted by atomic mass is 9.95. The minimum Gasteiger partial charge on any atom is -0.383 e. The van der Waals surface area contributed by atoms with E-state index in [9.17, 15) is 14.9 Å². The van der Waals surface area contributed by atoms with Crippen molar-refractivity contribution in [2.45, 2.75) is 26.3 Å². The Morgan fingerprint density at radius 3 is 2.92 bits per heavy atom. The maximum Gasteiger partial charge on any atom is 0.272 e. The molecule has 2 rings (SSSR count). The smallest absolute Gasteiger partial charge is 0.272 e. The van der Waals surface area contributed by atoms with Crippen LogP contribution in [0.1, 0.15) is 24.0 Å². The number of nitro benzene ring substituents is 1. The van der Waals surface area contributed by atoms with Crippen LogP contribution in [0.2, 0.25) is 0 Å². The van der Waals surface area contributed by atoms with E-state index < -0.39 is 0 Å². The Balaban J connectivity index is 2.01. The summed E-state index contributed by atoms with van der Waals surface area (Å²) in [5.74, 6) is 0.132. The third-order valence-electron chi connectivity index (χ3n) is 4.87. The van der Waals surface area contributed by atoms with Gasteiger partial charge in [-0.05, 0) is 31.9 Å². The summed E-state index contributed by atoms with van der Waals surface area (Å²) in [4.78, 5) is 27.3. The number of benzene rings is 1. The zero-order chi connectivity index (χ0) is 18.4. The lowest BCUT2D eigenvalue weighted by molar-refractivity contribution is -0.385. The lowest BCUT2D eigenvalue weighted by Crippen LogP contribution is -2.44. The molecular weight excluding hydrogens is 322 g/mol. The molecule has 0 radical (unpaired) electrons. The number of ether oxygens (including phenoxy) is 1.